The van der Waals surface area contributed by atoms with Crippen LogP contribution in [0.4, 0.5) is 5.69 Å². The molecule has 1 saturated carbocycles. The maximum absolute atomic E-state index is 14.3. The molecule has 1 N–H and O–H groups in total. The van der Waals surface area contributed by atoms with Crippen LogP contribution < -0.4 is 19.7 Å². The second-order valence-electron chi connectivity index (χ2n) is 9.56. The average molecular weight is 528 g/mol. The summed E-state index contributed by atoms with van der Waals surface area (Å²) in [6, 6.07) is 21.1. The number of hydrogen-bond donors (Lipinski definition) is 1. The number of benzene rings is 3. The van der Waals surface area contributed by atoms with Gasteiger partial charge in [-0.2, -0.15) is 0 Å². The highest BCUT2D eigenvalue weighted by Gasteiger charge is 2.36. The number of nitrogens with one attached hydrogen (secondary N) is 1. The number of aromatic nitrogens is 3. The molecule has 1 heterocycles. The summed E-state index contributed by atoms with van der Waals surface area (Å²) in [6.07, 6.45) is 3.99. The van der Waals surface area contributed by atoms with Gasteiger partial charge < -0.3 is 14.8 Å². The molecule has 1 aliphatic carbocycles. The van der Waals surface area contributed by atoms with Crippen molar-refractivity contribution in [3.63, 3.8) is 0 Å². The van der Waals surface area contributed by atoms with E-state index in [-0.39, 0.29) is 24.4 Å². The van der Waals surface area contributed by atoms with Crippen LogP contribution in [0.1, 0.15) is 44.2 Å². The highest BCUT2D eigenvalue weighted by molar-refractivity contribution is 6.02. The zero-order chi connectivity index (χ0) is 27.2. The number of carbonyl (C=O) groups is 2. The summed E-state index contributed by atoms with van der Waals surface area (Å²) in [5.74, 6) is 0.550. The molecule has 9 nitrogen and oxygen atoms in total. The van der Waals surface area contributed by atoms with E-state index in [2.05, 4.69) is 15.6 Å². The summed E-state index contributed by atoms with van der Waals surface area (Å²) in [5, 5.41) is 11.6. The topological polar surface area (TPSA) is 98.6 Å². The maximum Gasteiger partial charge on any atom is 0.249 e. The molecule has 0 radical (unpaired) electrons. The lowest BCUT2D eigenvalue weighted by Crippen LogP contribution is -2.47. The predicted octanol–water partition coefficient (Wildman–Crippen LogP) is 4.67. The molecule has 4 aromatic rings. The first-order valence-corrected chi connectivity index (χ1v) is 13.4. The minimum absolute atomic E-state index is 0.0702. The fourth-order valence-electron chi connectivity index (χ4n) is 5.18. The quantitative estimate of drug-likeness (QED) is 0.322. The highest BCUT2D eigenvalue weighted by Crippen LogP contribution is 2.35. The smallest absolute Gasteiger partial charge is 0.249 e. The largest absolute Gasteiger partial charge is 0.497 e. The number of carbonyl (C=O) groups excluding carboxylic acids is 2. The van der Waals surface area contributed by atoms with E-state index in [0.29, 0.717) is 34.9 Å². The Morgan fingerprint density at radius 2 is 1.82 bits per heavy atom. The molecule has 0 spiro atoms. The Bertz CT molecular complexity index is 1450. The van der Waals surface area contributed by atoms with Crippen LogP contribution in [-0.4, -0.2) is 46.6 Å². The van der Waals surface area contributed by atoms with Crippen molar-refractivity contribution in [2.45, 2.75) is 51.2 Å². The van der Waals surface area contributed by atoms with E-state index >= 15 is 0 Å². The van der Waals surface area contributed by atoms with Crippen LogP contribution in [0.2, 0.25) is 0 Å². The molecule has 2 amide bonds. The summed E-state index contributed by atoms with van der Waals surface area (Å²) in [4.78, 5) is 29.9. The van der Waals surface area contributed by atoms with Gasteiger partial charge in [-0.15, -0.1) is 5.10 Å². The van der Waals surface area contributed by atoms with Gasteiger partial charge in [-0.3, -0.25) is 14.5 Å². The van der Waals surface area contributed by atoms with Gasteiger partial charge in [0.1, 0.15) is 29.6 Å². The minimum Gasteiger partial charge on any atom is -0.497 e. The number of nitrogens with zero attached hydrogens (tertiary/aromatic N) is 4. The normalized spacial score (nSPS) is 14.2. The van der Waals surface area contributed by atoms with Gasteiger partial charge in [0.15, 0.2) is 0 Å². The van der Waals surface area contributed by atoms with Crippen LogP contribution in [0.15, 0.2) is 72.8 Å². The standard InChI is InChI=1S/C30H33N5O4/c1-3-39-27-18-9-6-15-24(27)29(30(37)31-21-11-4-5-12-21)35(22-13-10-14-23(19-22)38-2)28(36)20-34-26-17-8-7-16-25(26)32-33-34/h6-10,13-19,21,29H,3-5,11-12,20H2,1-2H3,(H,31,37). The molecule has 0 bridgehead atoms. The summed E-state index contributed by atoms with van der Waals surface area (Å²) in [5.41, 5.74) is 2.56. The summed E-state index contributed by atoms with van der Waals surface area (Å²) >= 11 is 0. The number of methoxy groups -OCH3 is 1. The van der Waals surface area contributed by atoms with E-state index in [4.69, 9.17) is 9.47 Å². The van der Waals surface area contributed by atoms with Crippen molar-refractivity contribution in [2.24, 2.45) is 0 Å². The van der Waals surface area contributed by atoms with Crippen LogP contribution in [0.5, 0.6) is 11.5 Å². The summed E-state index contributed by atoms with van der Waals surface area (Å²) < 4.78 is 13.0. The monoisotopic (exact) mass is 527 g/mol. The Kier molecular flexibility index (Phi) is 8.05. The van der Waals surface area contributed by atoms with E-state index in [1.165, 1.54) is 4.90 Å². The molecule has 1 aromatic heterocycles. The molecule has 0 saturated heterocycles. The fraction of sp³-hybridized carbons (Fsp3) is 0.333. The van der Waals surface area contributed by atoms with Gasteiger partial charge in [0.2, 0.25) is 11.8 Å². The van der Waals surface area contributed by atoms with Crippen molar-refractivity contribution in [2.75, 3.05) is 18.6 Å². The maximum atomic E-state index is 14.3. The molecule has 39 heavy (non-hydrogen) atoms. The molecule has 9 heteroatoms. The lowest BCUT2D eigenvalue weighted by molar-refractivity contribution is -0.127. The molecular weight excluding hydrogens is 494 g/mol. The number of anilines is 1. The first kappa shape index (κ1) is 26.2. The van der Waals surface area contributed by atoms with Crippen molar-refractivity contribution >= 4 is 28.5 Å². The SMILES string of the molecule is CCOc1ccccc1C(C(=O)NC1CCCC1)N(C(=O)Cn1nnc2ccccc21)c1cccc(OC)c1. The van der Waals surface area contributed by atoms with Crippen LogP contribution in [0, 0.1) is 0 Å². The summed E-state index contributed by atoms with van der Waals surface area (Å²) in [6.45, 7) is 2.21. The first-order chi connectivity index (χ1) is 19.1. The van der Waals surface area contributed by atoms with Gasteiger partial charge in [-0.25, -0.2) is 4.68 Å². The molecule has 5 rings (SSSR count). The number of hydrogen-bond acceptors (Lipinski definition) is 6. The molecule has 1 unspecified atom stereocenters. The van der Waals surface area contributed by atoms with Crippen molar-refractivity contribution in [1.29, 1.82) is 0 Å². The van der Waals surface area contributed by atoms with E-state index < -0.39 is 6.04 Å². The van der Waals surface area contributed by atoms with Crippen molar-refractivity contribution in [3.05, 3.63) is 78.4 Å². The molecule has 1 atom stereocenters. The van der Waals surface area contributed by atoms with E-state index in [0.717, 1.165) is 31.2 Å². The molecule has 1 fully saturated rings. The van der Waals surface area contributed by atoms with Gasteiger partial charge in [0.25, 0.3) is 0 Å². The predicted molar refractivity (Wildman–Crippen MR) is 149 cm³/mol. The Morgan fingerprint density at radius 1 is 1.05 bits per heavy atom. The summed E-state index contributed by atoms with van der Waals surface area (Å²) in [7, 11) is 1.57. The first-order valence-electron chi connectivity index (χ1n) is 13.4. The minimum atomic E-state index is -0.984. The van der Waals surface area contributed by atoms with Crippen LogP contribution in [-0.2, 0) is 16.1 Å². The lowest BCUT2D eigenvalue weighted by Gasteiger charge is -2.33. The van der Waals surface area contributed by atoms with E-state index in [1.54, 1.807) is 36.1 Å². The molecule has 202 valence electrons. The van der Waals surface area contributed by atoms with Crippen molar-refractivity contribution in [1.82, 2.24) is 20.3 Å². The molecule has 0 aliphatic heterocycles. The Morgan fingerprint density at radius 3 is 2.62 bits per heavy atom. The second kappa shape index (κ2) is 12.0. The fourth-order valence-corrected chi connectivity index (χ4v) is 5.18. The van der Waals surface area contributed by atoms with Crippen molar-refractivity contribution in [3.8, 4) is 11.5 Å². The third-order valence-electron chi connectivity index (χ3n) is 7.03. The van der Waals surface area contributed by atoms with Gasteiger partial charge in [0.05, 0.1) is 19.2 Å². The van der Waals surface area contributed by atoms with E-state index in [1.807, 2.05) is 55.5 Å². The lowest BCUT2D eigenvalue weighted by atomic mass is 10.0. The van der Waals surface area contributed by atoms with Gasteiger partial charge >= 0.3 is 0 Å². The van der Waals surface area contributed by atoms with Gasteiger partial charge in [0, 0.05) is 23.4 Å². The highest BCUT2D eigenvalue weighted by atomic mass is 16.5. The Balaban J connectivity index is 1.62. The molecule has 1 aliphatic rings. The van der Waals surface area contributed by atoms with Gasteiger partial charge in [-0.05, 0) is 50.1 Å². The average Bonchev–Trinajstić information content (AvgIpc) is 3.62. The Hall–Kier alpha value is -4.40. The number of fused-ring (bicyclic) bond motifs is 1. The zero-order valence-electron chi connectivity index (χ0n) is 22.2. The number of para-hydroxylation sites is 2. The van der Waals surface area contributed by atoms with Crippen LogP contribution >= 0.6 is 0 Å². The van der Waals surface area contributed by atoms with Crippen molar-refractivity contribution < 1.29 is 19.1 Å². The number of rotatable bonds is 10. The third-order valence-corrected chi connectivity index (χ3v) is 7.03. The van der Waals surface area contributed by atoms with Crippen LogP contribution in [0.3, 0.4) is 0 Å². The third kappa shape index (κ3) is 5.72. The van der Waals surface area contributed by atoms with Gasteiger partial charge in [-0.1, -0.05) is 54.5 Å². The molecular formula is C30H33N5O4. The van der Waals surface area contributed by atoms with Crippen LogP contribution in [0.25, 0.3) is 11.0 Å². The molecule has 3 aromatic carbocycles. The number of ether oxygens (including phenoxy) is 2. The second-order valence-corrected chi connectivity index (χ2v) is 9.56. The number of amides is 2. The van der Waals surface area contributed by atoms with E-state index in [9.17, 15) is 9.59 Å². The Labute approximate surface area is 227 Å². The zero-order valence-corrected chi connectivity index (χ0v) is 22.2.